The summed E-state index contributed by atoms with van der Waals surface area (Å²) >= 11 is 0. The van der Waals surface area contributed by atoms with Crippen LogP contribution in [0.2, 0.25) is 0 Å². The van der Waals surface area contributed by atoms with Gasteiger partial charge in [0.05, 0.1) is 6.61 Å². The van der Waals surface area contributed by atoms with E-state index >= 15 is 0 Å². The number of benzene rings is 2. The topological polar surface area (TPSA) is 35.5 Å². The van der Waals surface area contributed by atoms with Gasteiger partial charge in [0.1, 0.15) is 11.9 Å². The van der Waals surface area contributed by atoms with Gasteiger partial charge >= 0.3 is 5.97 Å². The lowest BCUT2D eigenvalue weighted by molar-refractivity contribution is -0.151. The maximum absolute atomic E-state index is 13.0. The number of carbonyl (C=O) groups excluding carboxylic acids is 1. The molecule has 0 saturated heterocycles. The summed E-state index contributed by atoms with van der Waals surface area (Å²) in [6.07, 6.45) is 23.8. The van der Waals surface area contributed by atoms with Crippen LogP contribution in [0.1, 0.15) is 167 Å². The highest BCUT2D eigenvalue weighted by molar-refractivity contribution is 5.69. The molecule has 3 fully saturated rings. The lowest BCUT2D eigenvalue weighted by atomic mass is 9.47. The molecule has 6 rings (SSSR count). The van der Waals surface area contributed by atoms with Gasteiger partial charge in [-0.2, -0.15) is 0 Å². The molecule has 8 atom stereocenters. The van der Waals surface area contributed by atoms with E-state index in [9.17, 15) is 4.79 Å². The van der Waals surface area contributed by atoms with Crippen LogP contribution in [0.15, 0.2) is 60.2 Å². The third kappa shape index (κ3) is 9.87. The van der Waals surface area contributed by atoms with E-state index in [1.54, 1.807) is 5.57 Å². The summed E-state index contributed by atoms with van der Waals surface area (Å²) in [6.45, 7) is 15.5. The van der Waals surface area contributed by atoms with Gasteiger partial charge < -0.3 is 9.47 Å². The maximum atomic E-state index is 13.0. The van der Waals surface area contributed by atoms with Crippen LogP contribution in [-0.4, -0.2) is 18.7 Å². The number of fused-ring (bicyclic) bond motifs is 5. The van der Waals surface area contributed by atoms with E-state index in [2.05, 4.69) is 83.7 Å². The molecule has 3 nitrogen and oxygen atoms in total. The van der Waals surface area contributed by atoms with E-state index in [1.165, 1.54) is 63.4 Å². The highest BCUT2D eigenvalue weighted by atomic mass is 16.5. The van der Waals surface area contributed by atoms with Gasteiger partial charge in [-0.3, -0.25) is 4.79 Å². The van der Waals surface area contributed by atoms with Crippen molar-refractivity contribution in [2.24, 2.45) is 46.3 Å². The molecule has 0 aliphatic heterocycles. The highest BCUT2D eigenvalue weighted by Gasteiger charge is 2.59. The minimum Gasteiger partial charge on any atom is -0.494 e. The Morgan fingerprint density at radius 3 is 2.28 bits per heavy atom. The van der Waals surface area contributed by atoms with E-state index in [0.29, 0.717) is 17.3 Å². The van der Waals surface area contributed by atoms with E-state index in [4.69, 9.17) is 9.47 Å². The minimum atomic E-state index is 0.00687. The van der Waals surface area contributed by atoms with Gasteiger partial charge in [-0.15, -0.1) is 0 Å². The molecule has 3 heteroatoms. The predicted molar refractivity (Wildman–Crippen MR) is 224 cm³/mol. The minimum absolute atomic E-state index is 0.00687. The van der Waals surface area contributed by atoms with Crippen molar-refractivity contribution in [3.63, 3.8) is 0 Å². The van der Waals surface area contributed by atoms with Gasteiger partial charge in [-0.05, 0) is 159 Å². The zero-order chi connectivity index (χ0) is 38.1. The summed E-state index contributed by atoms with van der Waals surface area (Å²) in [5, 5.41) is 0. The molecule has 294 valence electrons. The number of carbonyl (C=O) groups is 1. The van der Waals surface area contributed by atoms with Crippen molar-refractivity contribution in [1.29, 1.82) is 0 Å². The second-order valence-corrected chi connectivity index (χ2v) is 18.9. The molecule has 0 unspecified atom stereocenters. The average Bonchev–Trinajstić information content (AvgIpc) is 3.52. The van der Waals surface area contributed by atoms with Gasteiger partial charge in [0.2, 0.25) is 0 Å². The molecular formula is C51H72O3. The van der Waals surface area contributed by atoms with Crippen molar-refractivity contribution in [2.75, 3.05) is 6.61 Å². The fourth-order valence-corrected chi connectivity index (χ4v) is 11.6. The molecule has 4 aliphatic rings. The smallest absolute Gasteiger partial charge is 0.306 e. The maximum Gasteiger partial charge on any atom is 0.306 e. The third-order valence-corrected chi connectivity index (χ3v) is 14.8. The first-order valence-corrected chi connectivity index (χ1v) is 22.3. The molecule has 2 aromatic carbocycles. The van der Waals surface area contributed by atoms with Crippen molar-refractivity contribution in [3.8, 4) is 17.6 Å². The molecule has 0 radical (unpaired) electrons. The van der Waals surface area contributed by atoms with E-state index in [0.717, 1.165) is 110 Å². The van der Waals surface area contributed by atoms with Crippen molar-refractivity contribution in [2.45, 2.75) is 163 Å². The van der Waals surface area contributed by atoms with Gasteiger partial charge in [0, 0.05) is 24.0 Å². The first-order valence-electron chi connectivity index (χ1n) is 22.3. The molecule has 54 heavy (non-hydrogen) atoms. The van der Waals surface area contributed by atoms with Crippen LogP contribution in [-0.2, 0) is 16.0 Å². The lowest BCUT2D eigenvalue weighted by Crippen LogP contribution is -2.51. The zero-order valence-corrected chi connectivity index (χ0v) is 34.9. The Morgan fingerprint density at radius 2 is 1.56 bits per heavy atom. The van der Waals surface area contributed by atoms with E-state index in [-0.39, 0.29) is 12.1 Å². The molecule has 0 bridgehead atoms. The first-order chi connectivity index (χ1) is 26.1. The lowest BCUT2D eigenvalue weighted by Gasteiger charge is -2.58. The summed E-state index contributed by atoms with van der Waals surface area (Å²) in [6, 6.07) is 16.7. The summed E-state index contributed by atoms with van der Waals surface area (Å²) in [5.41, 5.74) is 5.80. The molecule has 0 spiro atoms. The molecule has 4 aliphatic carbocycles. The van der Waals surface area contributed by atoms with Gasteiger partial charge in [0.25, 0.3) is 0 Å². The Labute approximate surface area is 329 Å². The molecular weight excluding hydrogens is 661 g/mol. The Balaban J connectivity index is 0.898. The Bertz CT molecular complexity index is 1590. The largest absolute Gasteiger partial charge is 0.494 e. The molecule has 3 saturated carbocycles. The van der Waals surface area contributed by atoms with Crippen molar-refractivity contribution in [3.05, 3.63) is 76.9 Å². The van der Waals surface area contributed by atoms with Crippen molar-refractivity contribution >= 4 is 5.97 Å². The molecule has 0 aromatic heterocycles. The van der Waals surface area contributed by atoms with Gasteiger partial charge in [0.15, 0.2) is 0 Å². The first kappa shape index (κ1) is 40.7. The summed E-state index contributed by atoms with van der Waals surface area (Å²) in [7, 11) is 0. The summed E-state index contributed by atoms with van der Waals surface area (Å²) < 4.78 is 11.9. The summed E-state index contributed by atoms with van der Waals surface area (Å²) in [5.74, 6) is 12.6. The van der Waals surface area contributed by atoms with Crippen LogP contribution < -0.4 is 4.74 Å². The molecule has 0 amide bonds. The average molecular weight is 733 g/mol. The third-order valence-electron chi connectivity index (χ3n) is 14.8. The monoisotopic (exact) mass is 733 g/mol. The van der Waals surface area contributed by atoms with Crippen molar-refractivity contribution in [1.82, 2.24) is 0 Å². The fraction of sp³-hybridized carbons (Fsp3) is 0.667. The molecule has 0 heterocycles. The number of unbranched alkanes of at least 4 members (excludes halogenated alkanes) is 3. The van der Waals surface area contributed by atoms with E-state index < -0.39 is 0 Å². The van der Waals surface area contributed by atoms with Crippen LogP contribution >= 0.6 is 0 Å². The molecule has 2 aromatic rings. The second kappa shape index (κ2) is 18.8. The van der Waals surface area contributed by atoms with Crippen molar-refractivity contribution < 1.29 is 14.3 Å². The predicted octanol–water partition coefficient (Wildman–Crippen LogP) is 13.3. The number of hydrogen-bond acceptors (Lipinski definition) is 3. The van der Waals surface area contributed by atoms with E-state index in [1.807, 2.05) is 24.3 Å². The Hall–Kier alpha value is -2.99. The normalized spacial score (nSPS) is 29.2. The van der Waals surface area contributed by atoms with Crippen LogP contribution in [0.3, 0.4) is 0 Å². The van der Waals surface area contributed by atoms with Gasteiger partial charge in [-0.25, -0.2) is 0 Å². The SMILES string of the molecule is CCCCOc1ccc(C#Cc2ccc(CCCCCC(=O)O[C@H]3CC[C@@]4(C)C(=CC[C@H]5[C@@H]6CC[C@H]([C@H](C)CCCC(C)C)[C@@]6(C)CC[C@@H]54)C3)cc2)cc1. The van der Waals surface area contributed by atoms with Crippen LogP contribution in [0.4, 0.5) is 0 Å². The Morgan fingerprint density at radius 1 is 0.815 bits per heavy atom. The van der Waals surface area contributed by atoms with Crippen LogP contribution in [0.25, 0.3) is 0 Å². The standard InChI is InChI=1S/C51H72O3/c1-7-8-35-53-43-26-23-41(24-27-43)22-21-40-19-17-39(18-20-40)15-10-9-11-16-49(52)54-44-31-33-50(5)42(36-44)25-28-45-47-30-29-46(38(4)14-12-13-37(2)3)51(47,6)34-32-48(45)50/h17-20,23-27,37-38,44-48H,7-16,28-36H2,1-6H3/t38-,44+,45+,46-,47+,48+,50+,51-/m1/s1. The summed E-state index contributed by atoms with van der Waals surface area (Å²) in [4.78, 5) is 13.0. The zero-order valence-electron chi connectivity index (χ0n) is 34.9. The van der Waals surface area contributed by atoms with Gasteiger partial charge in [-0.1, -0.05) is 109 Å². The number of allylic oxidation sites excluding steroid dienone is 1. The number of aryl methyl sites for hydroxylation is 1. The quantitative estimate of drug-likeness (QED) is 0.0746. The number of rotatable bonds is 16. The number of ether oxygens (including phenoxy) is 2. The van der Waals surface area contributed by atoms with Crippen LogP contribution in [0.5, 0.6) is 5.75 Å². The molecule has 0 N–H and O–H groups in total. The Kier molecular flexibility index (Phi) is 14.1. The number of hydrogen-bond donors (Lipinski definition) is 0. The second-order valence-electron chi connectivity index (χ2n) is 18.9. The fourth-order valence-electron chi connectivity index (χ4n) is 11.6. The number of esters is 1. The highest BCUT2D eigenvalue weighted by Crippen LogP contribution is 2.67. The van der Waals surface area contributed by atoms with Crippen LogP contribution in [0, 0.1) is 58.2 Å².